The molecule has 18 aromatic carbocycles. The second-order valence-corrected chi connectivity index (χ2v) is 35.2. The minimum atomic E-state index is -0.476. The summed E-state index contributed by atoms with van der Waals surface area (Å²) in [6.45, 7) is 0. The van der Waals surface area contributed by atoms with Crippen molar-refractivity contribution in [1.82, 2.24) is 39.9 Å². The predicted molar refractivity (Wildman–Crippen MR) is 522 cm³/mol. The van der Waals surface area contributed by atoms with Crippen LogP contribution < -0.4 is 0 Å². The van der Waals surface area contributed by atoms with Gasteiger partial charge in [-0.2, -0.15) is 0 Å². The van der Waals surface area contributed by atoms with Crippen molar-refractivity contribution in [1.29, 1.82) is 0 Å². The van der Waals surface area contributed by atoms with Crippen molar-refractivity contribution in [3.63, 3.8) is 0 Å². The molecule has 0 radical (unpaired) electrons. The predicted octanol–water partition coefficient (Wildman–Crippen LogP) is 29.5. The van der Waals surface area contributed by atoms with E-state index < -0.39 is 10.8 Å². The summed E-state index contributed by atoms with van der Waals surface area (Å²) in [5.74, 6) is 3.69. The van der Waals surface area contributed by atoms with Crippen molar-refractivity contribution < 1.29 is 0 Å². The highest BCUT2D eigenvalue weighted by molar-refractivity contribution is 7.99. The van der Waals surface area contributed by atoms with Gasteiger partial charge in [0, 0.05) is 85.6 Å². The van der Waals surface area contributed by atoms with E-state index >= 15 is 0 Å². The van der Waals surface area contributed by atoms with Crippen LogP contribution in [0.5, 0.6) is 0 Å². The molecule has 0 atom stereocenters. The molecular formula is C118H72N8S2. The van der Waals surface area contributed by atoms with Crippen LogP contribution in [0.1, 0.15) is 44.5 Å². The maximum absolute atomic E-state index is 5.48. The highest BCUT2D eigenvalue weighted by Crippen LogP contribution is 2.65. The second kappa shape index (κ2) is 30.5. The summed E-state index contributed by atoms with van der Waals surface area (Å²) in [5, 5.41) is 6.83. The number of para-hydroxylation sites is 2. The highest BCUT2D eigenvalue weighted by atomic mass is 32.2. The highest BCUT2D eigenvalue weighted by Gasteiger charge is 2.52. The van der Waals surface area contributed by atoms with Crippen LogP contribution in [-0.2, 0) is 10.8 Å². The topological polar surface area (TPSA) is 103 Å². The molecule has 6 heterocycles. The van der Waals surface area contributed by atoms with E-state index in [1.165, 1.54) is 103 Å². The van der Waals surface area contributed by atoms with Gasteiger partial charge in [0.05, 0.1) is 33.3 Å². The number of fused-ring (bicyclic) bond motifs is 24. The Hall–Kier alpha value is -16.0. The summed E-state index contributed by atoms with van der Waals surface area (Å²) in [4.78, 5) is 46.9. The molecule has 128 heavy (non-hydrogen) atoms. The third-order valence-electron chi connectivity index (χ3n) is 25.9. The smallest absolute Gasteiger partial charge is 0.164 e. The van der Waals surface area contributed by atoms with Crippen molar-refractivity contribution in [3.8, 4) is 135 Å². The molecule has 2 spiro atoms. The van der Waals surface area contributed by atoms with Crippen LogP contribution in [0.15, 0.2) is 456 Å². The van der Waals surface area contributed by atoms with Crippen LogP contribution in [0.4, 0.5) is 0 Å². The van der Waals surface area contributed by atoms with Gasteiger partial charge in [-0.3, -0.25) is 0 Å². The fraction of sp³-hybridized carbons (Fsp3) is 0.0169. The monoisotopic (exact) mass is 1660 g/mol. The van der Waals surface area contributed by atoms with E-state index in [9.17, 15) is 0 Å². The van der Waals surface area contributed by atoms with E-state index in [4.69, 9.17) is 39.9 Å². The lowest BCUT2D eigenvalue weighted by Gasteiger charge is -2.39. The zero-order valence-electron chi connectivity index (χ0n) is 69.0. The second-order valence-electron chi connectivity index (χ2n) is 33.0. The van der Waals surface area contributed by atoms with Gasteiger partial charge in [0.2, 0.25) is 0 Å². The molecule has 8 nitrogen and oxygen atoms in total. The molecule has 2 aliphatic heterocycles. The van der Waals surface area contributed by atoms with Crippen molar-refractivity contribution in [2.45, 2.75) is 30.4 Å². The molecule has 0 bridgehead atoms. The summed E-state index contributed by atoms with van der Waals surface area (Å²) in [6, 6.07) is 156. The molecule has 0 saturated carbocycles. The maximum Gasteiger partial charge on any atom is 0.164 e. The van der Waals surface area contributed by atoms with Crippen LogP contribution in [0.25, 0.3) is 179 Å². The van der Waals surface area contributed by atoms with Crippen LogP contribution in [0.2, 0.25) is 0 Å². The Labute approximate surface area is 748 Å². The van der Waals surface area contributed by atoms with Gasteiger partial charge in [-0.05, 0) is 179 Å². The minimum absolute atomic E-state index is 0.474. The van der Waals surface area contributed by atoms with Crippen LogP contribution in [0, 0.1) is 0 Å². The van der Waals surface area contributed by atoms with Crippen LogP contribution in [-0.4, -0.2) is 39.9 Å². The van der Waals surface area contributed by atoms with Gasteiger partial charge in [-0.15, -0.1) is 0 Å². The molecule has 596 valence electrons. The first kappa shape index (κ1) is 74.6. The van der Waals surface area contributed by atoms with Crippen molar-refractivity contribution in [3.05, 3.63) is 481 Å². The fourth-order valence-corrected chi connectivity index (χ4v) is 22.6. The third-order valence-corrected chi connectivity index (χ3v) is 28.2. The lowest BCUT2D eigenvalue weighted by molar-refractivity contribution is 0.723. The van der Waals surface area contributed by atoms with E-state index in [0.717, 1.165) is 105 Å². The number of nitrogens with zero attached hydrogens (tertiary/aromatic N) is 8. The van der Waals surface area contributed by atoms with E-state index in [1.54, 1.807) is 0 Å². The largest absolute Gasteiger partial charge is 0.247 e. The van der Waals surface area contributed by atoms with Gasteiger partial charge < -0.3 is 0 Å². The molecule has 0 amide bonds. The Morgan fingerprint density at radius 3 is 0.805 bits per heavy atom. The molecule has 0 N–H and O–H groups in total. The first-order chi connectivity index (χ1) is 63.4. The maximum atomic E-state index is 5.48. The summed E-state index contributed by atoms with van der Waals surface area (Å²) in [6.07, 6.45) is 0. The molecule has 0 saturated heterocycles. The quantitative estimate of drug-likeness (QED) is 0.123. The van der Waals surface area contributed by atoms with Crippen LogP contribution in [0.3, 0.4) is 0 Å². The SMILES string of the molecule is c1ccc(-c2ccc(-c3nc(-c4ccccc4)nc(-c4cccc(-c5nc6ccccc6c6cc7c(cc56)-c5ccccc5C75c6ccccc6Sc6ccccc65)c4)n3)cc2)cc1.c1ccc(-c2cccc(-c3nc(-c4ccccc4)nc(-c4cccc(-c5nc6ccccc6c6cc7c(cc56)-c5ccccc5C75c6ccccc6Sc6ccccc65)c4)n3)c2)cc1. The molecule has 2 aliphatic carbocycles. The van der Waals surface area contributed by atoms with Gasteiger partial charge in [0.15, 0.2) is 34.9 Å². The average Bonchev–Trinajstić information content (AvgIpc) is 1.50. The molecule has 4 aromatic heterocycles. The third kappa shape index (κ3) is 12.2. The fourth-order valence-electron chi connectivity index (χ4n) is 20.3. The normalized spacial score (nSPS) is 13.1. The minimum Gasteiger partial charge on any atom is -0.247 e. The zero-order valence-corrected chi connectivity index (χ0v) is 70.6. The number of hydrogen-bond donors (Lipinski definition) is 0. The molecular weight excluding hydrogens is 1590 g/mol. The zero-order chi connectivity index (χ0) is 84.4. The lowest BCUT2D eigenvalue weighted by Crippen LogP contribution is -2.31. The lowest BCUT2D eigenvalue weighted by atomic mass is 9.67. The van der Waals surface area contributed by atoms with Crippen molar-refractivity contribution in [2.24, 2.45) is 0 Å². The standard InChI is InChI=1S/2C59H36N4S/c1-3-17-37(18-4-1)39-21-15-23-41(33-39)57-61-56(38-19-5-2-6-20-38)62-58(63-57)42-24-16-22-40(34-42)55-47-35-46-43-25-7-9-27-48(43)59(51(46)36-45(47)44-26-8-12-30-52(44)60-55)49-28-10-13-31-53(49)64-54-32-14-11-29-50(54)59;1-3-16-37(17-4-1)38-30-32-40(33-31-38)57-61-56(39-18-5-2-6-19-39)62-58(63-57)42-21-15-20-41(34-42)55-47-35-46-43-22-7-9-24-48(43)59(51(46)36-45(47)44-23-8-12-27-52(44)60-55)49-25-10-13-28-53(49)64-54-29-14-11-26-50(54)59/h2*1-36H. The Bertz CT molecular complexity index is 8180. The Kier molecular flexibility index (Phi) is 17.8. The Morgan fingerprint density at radius 1 is 0.148 bits per heavy atom. The first-order valence-corrected chi connectivity index (χ1v) is 44.9. The van der Waals surface area contributed by atoms with Gasteiger partial charge in [-0.25, -0.2) is 39.9 Å². The van der Waals surface area contributed by atoms with E-state index in [-0.39, 0.29) is 0 Å². The summed E-state index contributed by atoms with van der Waals surface area (Å²) < 4.78 is 0. The number of hydrogen-bond acceptors (Lipinski definition) is 10. The number of benzene rings is 18. The summed E-state index contributed by atoms with van der Waals surface area (Å²) >= 11 is 3.74. The van der Waals surface area contributed by atoms with E-state index in [1.807, 2.05) is 84.2 Å². The average molecular weight is 1670 g/mol. The summed E-state index contributed by atoms with van der Waals surface area (Å²) in [5.41, 5.74) is 30.4. The number of pyridine rings is 2. The van der Waals surface area contributed by atoms with E-state index in [2.05, 4.69) is 376 Å². The molecule has 0 fully saturated rings. The number of aromatic nitrogens is 8. The van der Waals surface area contributed by atoms with Crippen LogP contribution >= 0.6 is 23.5 Å². The van der Waals surface area contributed by atoms with Gasteiger partial charge >= 0.3 is 0 Å². The Morgan fingerprint density at radius 2 is 0.414 bits per heavy atom. The number of rotatable bonds is 10. The molecule has 22 aromatic rings. The van der Waals surface area contributed by atoms with Gasteiger partial charge in [0.1, 0.15) is 0 Å². The Balaban J connectivity index is 0.000000139. The van der Waals surface area contributed by atoms with Gasteiger partial charge in [-0.1, -0.05) is 381 Å². The van der Waals surface area contributed by atoms with Crippen molar-refractivity contribution >= 4 is 66.9 Å². The van der Waals surface area contributed by atoms with Crippen molar-refractivity contribution in [2.75, 3.05) is 0 Å². The first-order valence-electron chi connectivity index (χ1n) is 43.3. The van der Waals surface area contributed by atoms with Gasteiger partial charge in [0.25, 0.3) is 0 Å². The summed E-state index contributed by atoms with van der Waals surface area (Å²) in [7, 11) is 0. The molecule has 10 heteroatoms. The molecule has 26 rings (SSSR count). The molecule has 4 aliphatic rings. The van der Waals surface area contributed by atoms with E-state index in [0.29, 0.717) is 34.9 Å². The molecule has 0 unspecified atom stereocenters.